The lowest BCUT2D eigenvalue weighted by atomic mass is 10.1. The Bertz CT molecular complexity index is 769. The summed E-state index contributed by atoms with van der Waals surface area (Å²) < 4.78 is 15.3. The first-order valence-electron chi connectivity index (χ1n) is 8.00. The van der Waals surface area contributed by atoms with Crippen LogP contribution in [-0.2, 0) is 6.54 Å². The molecule has 0 aliphatic carbocycles. The van der Waals surface area contributed by atoms with Gasteiger partial charge in [-0.2, -0.15) is 0 Å². The van der Waals surface area contributed by atoms with Gasteiger partial charge >= 0.3 is 0 Å². The molecule has 0 saturated carbocycles. The van der Waals surface area contributed by atoms with E-state index < -0.39 is 11.7 Å². The molecule has 0 fully saturated rings. The predicted molar refractivity (Wildman–Crippen MR) is 95.3 cm³/mol. The van der Waals surface area contributed by atoms with Crippen molar-refractivity contribution in [3.63, 3.8) is 0 Å². The highest BCUT2D eigenvalue weighted by atomic mass is 19.1. The number of nitrogens with two attached hydrogens (primary N) is 1. The fraction of sp³-hybridized carbons (Fsp3) is 0.333. The predicted octanol–water partition coefficient (Wildman–Crippen LogP) is 3.57. The lowest BCUT2D eigenvalue weighted by Crippen LogP contribution is -2.24. The highest BCUT2D eigenvalue weighted by Crippen LogP contribution is 2.22. The van der Waals surface area contributed by atoms with Gasteiger partial charge in [0.15, 0.2) is 0 Å². The molecule has 130 valence electrons. The number of aromatic nitrogens is 1. The van der Waals surface area contributed by atoms with Crippen molar-refractivity contribution >= 4 is 17.3 Å². The summed E-state index contributed by atoms with van der Waals surface area (Å²) in [6, 6.07) is 5.90. The summed E-state index contributed by atoms with van der Waals surface area (Å²) in [6.45, 7) is 8.18. The molecule has 1 heterocycles. The number of halogens is 1. The van der Waals surface area contributed by atoms with Gasteiger partial charge in [0.2, 0.25) is 0 Å². The van der Waals surface area contributed by atoms with Crippen molar-refractivity contribution in [2.45, 2.75) is 40.7 Å². The van der Waals surface area contributed by atoms with Gasteiger partial charge < -0.3 is 15.6 Å². The van der Waals surface area contributed by atoms with Crippen LogP contribution in [0, 0.1) is 12.7 Å². The molecule has 3 N–H and O–H groups in total. The van der Waals surface area contributed by atoms with E-state index in [-0.39, 0.29) is 22.5 Å². The smallest absolute Gasteiger partial charge is 0.252 e. The number of hydrogen-bond acceptors (Lipinski definition) is 3. The van der Waals surface area contributed by atoms with E-state index in [1.807, 2.05) is 20.8 Å². The van der Waals surface area contributed by atoms with Crippen LogP contribution in [0.15, 0.2) is 35.3 Å². The lowest BCUT2D eigenvalue weighted by Gasteiger charge is -2.13. The number of pyridine rings is 1. The number of rotatable bonds is 5. The topological polar surface area (TPSA) is 77.1 Å². The summed E-state index contributed by atoms with van der Waals surface area (Å²) in [5.41, 5.74) is 6.39. The highest BCUT2D eigenvalue weighted by Gasteiger charge is 2.13. The minimum absolute atomic E-state index is 0.146. The summed E-state index contributed by atoms with van der Waals surface area (Å²) in [7, 11) is 0. The molecule has 0 aliphatic rings. The van der Waals surface area contributed by atoms with Crippen LogP contribution in [0.5, 0.6) is 0 Å². The molecule has 5 nitrogen and oxygen atoms in total. The Morgan fingerprint density at radius 1 is 1.25 bits per heavy atom. The molecule has 1 aromatic carbocycles. The molecule has 0 saturated heterocycles. The molecule has 0 bridgehead atoms. The van der Waals surface area contributed by atoms with Gasteiger partial charge in [-0.3, -0.25) is 9.59 Å². The number of nitrogens with zero attached hydrogens (tertiary/aromatic N) is 1. The Labute approximate surface area is 141 Å². The maximum Gasteiger partial charge on any atom is 0.252 e. The molecule has 2 rings (SSSR count). The third kappa shape index (κ3) is 4.68. The summed E-state index contributed by atoms with van der Waals surface area (Å²) in [5.74, 6) is -1.15. The molecule has 0 atom stereocenters. The number of hydrogen-bond donors (Lipinski definition) is 2. The zero-order chi connectivity index (χ0) is 18.3. The van der Waals surface area contributed by atoms with E-state index in [4.69, 9.17) is 5.73 Å². The molecule has 0 aliphatic heterocycles. The monoisotopic (exact) mass is 333 g/mol. The summed E-state index contributed by atoms with van der Waals surface area (Å²) >= 11 is 0. The van der Waals surface area contributed by atoms with E-state index in [0.29, 0.717) is 6.54 Å². The second-order valence-corrected chi connectivity index (χ2v) is 5.10. The Balaban J connectivity index is 0.00000139. The molecule has 1 aromatic heterocycles. The minimum Gasteiger partial charge on any atom is -0.365 e. The van der Waals surface area contributed by atoms with Gasteiger partial charge in [0.25, 0.3) is 11.5 Å². The maximum atomic E-state index is 13.9. The van der Waals surface area contributed by atoms with Crippen molar-refractivity contribution in [1.82, 2.24) is 4.57 Å². The standard InChI is InChI=1S/C16H18FN3O2.C2H6/c1-3-6-20-9-11(16(18)22)14(8-15(20)21)19-13-5-4-10(2)7-12(13)17;1-2/h4-5,7-9,19H,3,6H2,1-2H3,(H2,18,22);1-2H3. The van der Waals surface area contributed by atoms with Crippen molar-refractivity contribution < 1.29 is 9.18 Å². The van der Waals surface area contributed by atoms with E-state index >= 15 is 0 Å². The molecule has 6 heteroatoms. The first-order chi connectivity index (χ1) is 11.4. The summed E-state index contributed by atoms with van der Waals surface area (Å²) in [5, 5.41) is 2.77. The number of nitrogens with one attached hydrogen (secondary N) is 1. The Kier molecular flexibility index (Phi) is 7.17. The number of primary amides is 1. The quantitative estimate of drug-likeness (QED) is 0.878. The van der Waals surface area contributed by atoms with E-state index in [2.05, 4.69) is 5.32 Å². The van der Waals surface area contributed by atoms with Crippen LogP contribution in [0.4, 0.5) is 15.8 Å². The largest absolute Gasteiger partial charge is 0.365 e. The average Bonchev–Trinajstić information content (AvgIpc) is 2.54. The fourth-order valence-corrected chi connectivity index (χ4v) is 2.16. The normalized spacial score (nSPS) is 9.88. The van der Waals surface area contributed by atoms with Gasteiger partial charge in [-0.15, -0.1) is 0 Å². The van der Waals surface area contributed by atoms with Gasteiger partial charge in [-0.05, 0) is 31.0 Å². The molecule has 1 amide bonds. The molecule has 0 radical (unpaired) electrons. The van der Waals surface area contributed by atoms with E-state index in [1.165, 1.54) is 22.9 Å². The molecule has 0 unspecified atom stereocenters. The number of aryl methyl sites for hydroxylation is 2. The fourth-order valence-electron chi connectivity index (χ4n) is 2.16. The zero-order valence-electron chi connectivity index (χ0n) is 14.5. The van der Waals surface area contributed by atoms with E-state index in [9.17, 15) is 14.0 Å². The van der Waals surface area contributed by atoms with Crippen LogP contribution in [0.25, 0.3) is 0 Å². The van der Waals surface area contributed by atoms with Crippen LogP contribution in [0.1, 0.15) is 43.1 Å². The van der Waals surface area contributed by atoms with Crippen molar-refractivity contribution in [3.05, 3.63) is 57.8 Å². The number of carbonyl (C=O) groups is 1. The molecular formula is C18H24FN3O2. The van der Waals surface area contributed by atoms with Crippen LogP contribution in [-0.4, -0.2) is 10.5 Å². The zero-order valence-corrected chi connectivity index (χ0v) is 14.5. The first-order valence-corrected chi connectivity index (χ1v) is 8.00. The maximum absolute atomic E-state index is 13.9. The van der Waals surface area contributed by atoms with Crippen LogP contribution in [0.2, 0.25) is 0 Å². The van der Waals surface area contributed by atoms with Gasteiger partial charge in [0, 0.05) is 18.8 Å². The Morgan fingerprint density at radius 3 is 2.46 bits per heavy atom. The van der Waals surface area contributed by atoms with Crippen LogP contribution in [0.3, 0.4) is 0 Å². The lowest BCUT2D eigenvalue weighted by molar-refractivity contribution is 0.1000. The SMILES string of the molecule is CC.CCCn1cc(C(N)=O)c(Nc2ccc(C)cc2F)cc1=O. The van der Waals surface area contributed by atoms with E-state index in [0.717, 1.165) is 12.0 Å². The first kappa shape index (κ1) is 19.4. The molecule has 24 heavy (non-hydrogen) atoms. The van der Waals surface area contributed by atoms with Gasteiger partial charge in [-0.1, -0.05) is 26.8 Å². The minimum atomic E-state index is -0.681. The highest BCUT2D eigenvalue weighted by molar-refractivity contribution is 5.98. The number of anilines is 2. The van der Waals surface area contributed by atoms with Crippen molar-refractivity contribution in [1.29, 1.82) is 0 Å². The number of carbonyl (C=O) groups excluding carboxylic acids is 1. The summed E-state index contributed by atoms with van der Waals surface area (Å²) in [6.07, 6.45) is 2.15. The number of benzene rings is 1. The van der Waals surface area contributed by atoms with Crippen LogP contribution < -0.4 is 16.6 Å². The van der Waals surface area contributed by atoms with Gasteiger partial charge in [-0.25, -0.2) is 4.39 Å². The van der Waals surface area contributed by atoms with Crippen molar-refractivity contribution in [2.24, 2.45) is 5.73 Å². The summed E-state index contributed by atoms with van der Waals surface area (Å²) in [4.78, 5) is 23.6. The number of amides is 1. The molecule has 2 aromatic rings. The average molecular weight is 333 g/mol. The van der Waals surface area contributed by atoms with Gasteiger partial charge in [0.05, 0.1) is 16.9 Å². The Morgan fingerprint density at radius 2 is 1.92 bits per heavy atom. The van der Waals surface area contributed by atoms with Crippen molar-refractivity contribution in [3.8, 4) is 0 Å². The Hall–Kier alpha value is -2.63. The molecular weight excluding hydrogens is 309 g/mol. The van der Waals surface area contributed by atoms with E-state index in [1.54, 1.807) is 19.1 Å². The third-order valence-corrected chi connectivity index (χ3v) is 3.25. The van der Waals surface area contributed by atoms with Crippen LogP contribution >= 0.6 is 0 Å². The van der Waals surface area contributed by atoms with Gasteiger partial charge in [0.1, 0.15) is 5.82 Å². The van der Waals surface area contributed by atoms with Crippen molar-refractivity contribution in [2.75, 3.05) is 5.32 Å². The molecule has 0 spiro atoms. The second-order valence-electron chi connectivity index (χ2n) is 5.10. The third-order valence-electron chi connectivity index (χ3n) is 3.25. The second kappa shape index (κ2) is 8.86.